The van der Waals surface area contributed by atoms with Crippen LogP contribution in [-0.2, 0) is 0 Å². The first-order valence-corrected chi connectivity index (χ1v) is 8.15. The van der Waals surface area contributed by atoms with Crippen molar-refractivity contribution in [3.63, 3.8) is 0 Å². The van der Waals surface area contributed by atoms with Gasteiger partial charge in [0.25, 0.3) is 5.91 Å². The maximum atomic E-state index is 12.2. The molecule has 0 saturated heterocycles. The molecule has 0 spiro atoms. The van der Waals surface area contributed by atoms with Gasteiger partial charge in [-0.25, -0.2) is 0 Å². The molecular weight excluding hydrogens is 296 g/mol. The fraction of sp³-hybridized carbons (Fsp3) is 0.353. The van der Waals surface area contributed by atoms with Crippen LogP contribution in [-0.4, -0.2) is 33.2 Å². The van der Waals surface area contributed by atoms with Crippen molar-refractivity contribution in [3.8, 4) is 16.9 Å². The molecule has 0 aliphatic heterocycles. The second-order valence-corrected chi connectivity index (χ2v) is 6.28. The molecule has 0 saturated carbocycles. The summed E-state index contributed by atoms with van der Waals surface area (Å²) in [5.74, 6) is 0.836. The Morgan fingerprint density at radius 1 is 1.23 bits per heavy atom. The van der Waals surface area contributed by atoms with Crippen molar-refractivity contribution in [3.05, 3.63) is 40.1 Å². The van der Waals surface area contributed by atoms with Crippen LogP contribution in [0.25, 0.3) is 11.1 Å². The van der Waals surface area contributed by atoms with Gasteiger partial charge in [-0.15, -0.1) is 11.3 Å². The van der Waals surface area contributed by atoms with Gasteiger partial charge in [-0.3, -0.25) is 4.79 Å². The Morgan fingerprint density at radius 2 is 1.95 bits per heavy atom. The van der Waals surface area contributed by atoms with E-state index in [1.807, 2.05) is 44.3 Å². The number of nitrogens with one attached hydrogen (secondary N) is 2. The van der Waals surface area contributed by atoms with Crippen LogP contribution in [0.3, 0.4) is 0 Å². The molecule has 22 heavy (non-hydrogen) atoms. The van der Waals surface area contributed by atoms with E-state index in [-0.39, 0.29) is 5.91 Å². The number of thiophene rings is 1. The van der Waals surface area contributed by atoms with Gasteiger partial charge in [0.15, 0.2) is 0 Å². The topological polar surface area (TPSA) is 50.4 Å². The lowest BCUT2D eigenvalue weighted by Gasteiger charge is -2.03. The van der Waals surface area contributed by atoms with Crippen molar-refractivity contribution < 1.29 is 9.53 Å². The number of carbonyl (C=O) groups is 1. The fourth-order valence-corrected chi connectivity index (χ4v) is 3.16. The summed E-state index contributed by atoms with van der Waals surface area (Å²) in [5.41, 5.74) is 2.21. The normalized spacial score (nSPS) is 10.5. The quantitative estimate of drug-likeness (QED) is 0.771. The van der Waals surface area contributed by atoms with E-state index in [1.165, 1.54) is 11.3 Å². The van der Waals surface area contributed by atoms with Gasteiger partial charge in [0.1, 0.15) is 5.75 Å². The molecule has 1 aromatic carbocycles. The van der Waals surface area contributed by atoms with E-state index in [0.717, 1.165) is 39.6 Å². The van der Waals surface area contributed by atoms with E-state index < -0.39 is 0 Å². The minimum atomic E-state index is 0.00367. The van der Waals surface area contributed by atoms with Crippen LogP contribution in [0.5, 0.6) is 5.75 Å². The minimum absolute atomic E-state index is 0.00367. The fourth-order valence-electron chi connectivity index (χ4n) is 2.21. The van der Waals surface area contributed by atoms with Crippen LogP contribution in [0.2, 0.25) is 0 Å². The van der Waals surface area contributed by atoms with Gasteiger partial charge in [0.05, 0.1) is 12.0 Å². The molecule has 0 aliphatic carbocycles. The summed E-state index contributed by atoms with van der Waals surface area (Å²) < 4.78 is 5.18. The zero-order valence-corrected chi connectivity index (χ0v) is 14.0. The second kappa shape index (κ2) is 7.96. The molecule has 0 unspecified atom stereocenters. The Morgan fingerprint density at radius 3 is 2.59 bits per heavy atom. The van der Waals surface area contributed by atoms with Crippen LogP contribution in [0.1, 0.15) is 21.0 Å². The maximum absolute atomic E-state index is 12.2. The Bertz CT molecular complexity index is 620. The first kappa shape index (κ1) is 16.5. The van der Waals surface area contributed by atoms with E-state index in [4.69, 9.17) is 4.74 Å². The second-order valence-electron chi connectivity index (χ2n) is 5.02. The molecule has 4 nitrogen and oxygen atoms in total. The lowest BCUT2D eigenvalue weighted by molar-refractivity contribution is 0.0957. The molecule has 1 aromatic heterocycles. The summed E-state index contributed by atoms with van der Waals surface area (Å²) in [7, 11) is 3.56. The summed E-state index contributed by atoms with van der Waals surface area (Å²) in [5, 5.41) is 6.02. The molecule has 2 aromatic rings. The van der Waals surface area contributed by atoms with E-state index >= 15 is 0 Å². The molecular formula is C17H22N2O2S. The number of rotatable bonds is 7. The standard InChI is InChI=1S/C17H22N2O2S/c1-12-15(13-5-7-14(21-3)8-6-13)11-16(22-12)17(20)19-10-4-9-18-2/h5-8,11,18H,4,9-10H2,1-3H3,(H,19,20). The zero-order valence-electron chi connectivity index (χ0n) is 13.2. The van der Waals surface area contributed by atoms with Gasteiger partial charge in [-0.2, -0.15) is 0 Å². The van der Waals surface area contributed by atoms with Crippen molar-refractivity contribution in [2.24, 2.45) is 0 Å². The van der Waals surface area contributed by atoms with Gasteiger partial charge in [-0.05, 0) is 56.3 Å². The van der Waals surface area contributed by atoms with Crippen molar-refractivity contribution in [1.82, 2.24) is 10.6 Å². The molecule has 1 heterocycles. The first-order chi connectivity index (χ1) is 10.7. The highest BCUT2D eigenvalue weighted by molar-refractivity contribution is 7.14. The predicted molar refractivity (Wildman–Crippen MR) is 91.9 cm³/mol. The molecule has 0 radical (unpaired) electrons. The summed E-state index contributed by atoms with van der Waals surface area (Å²) in [6.07, 6.45) is 0.929. The summed E-state index contributed by atoms with van der Waals surface area (Å²) in [6, 6.07) is 9.87. The van der Waals surface area contributed by atoms with Gasteiger partial charge in [-0.1, -0.05) is 12.1 Å². The van der Waals surface area contributed by atoms with Crippen LogP contribution in [0, 0.1) is 6.92 Å². The Balaban J connectivity index is 2.08. The smallest absolute Gasteiger partial charge is 0.261 e. The number of amides is 1. The van der Waals surface area contributed by atoms with E-state index in [0.29, 0.717) is 6.54 Å². The van der Waals surface area contributed by atoms with Crippen LogP contribution in [0.15, 0.2) is 30.3 Å². The number of hydrogen-bond acceptors (Lipinski definition) is 4. The molecule has 0 aliphatic rings. The maximum Gasteiger partial charge on any atom is 0.261 e. The Kier molecular flexibility index (Phi) is 5.98. The number of methoxy groups -OCH3 is 1. The molecule has 1 amide bonds. The average molecular weight is 318 g/mol. The number of benzene rings is 1. The molecule has 118 valence electrons. The van der Waals surface area contributed by atoms with Gasteiger partial charge >= 0.3 is 0 Å². The number of aryl methyl sites for hydroxylation is 1. The molecule has 5 heteroatoms. The SMILES string of the molecule is CNCCCNC(=O)c1cc(-c2ccc(OC)cc2)c(C)s1. The van der Waals surface area contributed by atoms with E-state index in [1.54, 1.807) is 7.11 Å². The van der Waals surface area contributed by atoms with Crippen LogP contribution < -0.4 is 15.4 Å². The first-order valence-electron chi connectivity index (χ1n) is 7.33. The Hall–Kier alpha value is -1.85. The van der Waals surface area contributed by atoms with Gasteiger partial charge < -0.3 is 15.4 Å². The highest BCUT2D eigenvalue weighted by Gasteiger charge is 2.13. The molecule has 0 fully saturated rings. The van der Waals surface area contributed by atoms with E-state index in [2.05, 4.69) is 10.6 Å². The summed E-state index contributed by atoms with van der Waals surface area (Å²) >= 11 is 1.53. The van der Waals surface area contributed by atoms with Crippen LogP contribution >= 0.6 is 11.3 Å². The van der Waals surface area contributed by atoms with E-state index in [9.17, 15) is 4.79 Å². The lowest BCUT2D eigenvalue weighted by atomic mass is 10.1. The highest BCUT2D eigenvalue weighted by Crippen LogP contribution is 2.31. The minimum Gasteiger partial charge on any atom is -0.497 e. The number of hydrogen-bond donors (Lipinski definition) is 2. The number of carbonyl (C=O) groups excluding carboxylic acids is 1. The van der Waals surface area contributed by atoms with Crippen molar-refractivity contribution in [1.29, 1.82) is 0 Å². The van der Waals surface area contributed by atoms with Crippen LogP contribution in [0.4, 0.5) is 0 Å². The van der Waals surface area contributed by atoms with Crippen molar-refractivity contribution >= 4 is 17.2 Å². The third-order valence-corrected chi connectivity index (χ3v) is 4.48. The third kappa shape index (κ3) is 4.08. The van der Waals surface area contributed by atoms with Gasteiger partial charge in [0.2, 0.25) is 0 Å². The van der Waals surface area contributed by atoms with Crippen molar-refractivity contribution in [2.75, 3.05) is 27.2 Å². The average Bonchev–Trinajstić information content (AvgIpc) is 2.93. The summed E-state index contributed by atoms with van der Waals surface area (Å²) in [4.78, 5) is 14.1. The third-order valence-electron chi connectivity index (χ3n) is 3.43. The predicted octanol–water partition coefficient (Wildman–Crippen LogP) is 3.07. The molecule has 0 bridgehead atoms. The highest BCUT2D eigenvalue weighted by atomic mass is 32.1. The zero-order chi connectivity index (χ0) is 15.9. The molecule has 2 rings (SSSR count). The van der Waals surface area contributed by atoms with Crippen molar-refractivity contribution in [2.45, 2.75) is 13.3 Å². The monoisotopic (exact) mass is 318 g/mol. The summed E-state index contributed by atoms with van der Waals surface area (Å²) in [6.45, 7) is 3.64. The molecule has 0 atom stereocenters. The number of ether oxygens (including phenoxy) is 1. The largest absolute Gasteiger partial charge is 0.497 e. The Labute approximate surface area is 135 Å². The van der Waals surface area contributed by atoms with Gasteiger partial charge in [0, 0.05) is 11.4 Å². The molecule has 2 N–H and O–H groups in total. The lowest BCUT2D eigenvalue weighted by Crippen LogP contribution is -2.25.